The van der Waals surface area contributed by atoms with Crippen LogP contribution in [-0.4, -0.2) is 42.6 Å². The van der Waals surface area contributed by atoms with E-state index in [-0.39, 0.29) is 24.8 Å². The normalized spacial score (nSPS) is 21.2. The zero-order valence-electron chi connectivity index (χ0n) is 11.9. The minimum absolute atomic E-state index is 0. The molecule has 0 bridgehead atoms. The van der Waals surface area contributed by atoms with Gasteiger partial charge < -0.3 is 10.2 Å². The Morgan fingerprint density at radius 2 is 2.00 bits per heavy atom. The minimum atomic E-state index is 0. The monoisotopic (exact) mass is 317 g/mol. The fourth-order valence-electron chi connectivity index (χ4n) is 3.42. The number of hydrogen-bond donors (Lipinski definition) is 1. The third-order valence-corrected chi connectivity index (χ3v) is 4.62. The van der Waals surface area contributed by atoms with Crippen molar-refractivity contribution in [3.05, 3.63) is 30.1 Å². The first-order chi connectivity index (χ1) is 8.86. The first-order valence-electron chi connectivity index (χ1n) is 7.18. The van der Waals surface area contributed by atoms with Crippen LogP contribution in [0.15, 0.2) is 24.5 Å². The lowest BCUT2D eigenvalue weighted by molar-refractivity contribution is 0.197. The van der Waals surface area contributed by atoms with Crippen molar-refractivity contribution in [2.24, 2.45) is 5.41 Å². The molecule has 2 aliphatic heterocycles. The highest BCUT2D eigenvalue weighted by molar-refractivity contribution is 5.85. The number of nitrogens with one attached hydrogen (secondary N) is 1. The lowest BCUT2D eigenvalue weighted by Crippen LogP contribution is -2.38. The Balaban J connectivity index is 0.000001000. The van der Waals surface area contributed by atoms with Crippen LogP contribution in [0.1, 0.15) is 24.8 Å². The molecule has 1 N–H and O–H groups in total. The quantitative estimate of drug-likeness (QED) is 0.928. The summed E-state index contributed by atoms with van der Waals surface area (Å²) in [5.74, 6) is 0. The molecule has 0 aromatic carbocycles. The van der Waals surface area contributed by atoms with Crippen molar-refractivity contribution >= 4 is 24.8 Å². The van der Waals surface area contributed by atoms with Gasteiger partial charge in [-0.2, -0.15) is 0 Å². The summed E-state index contributed by atoms with van der Waals surface area (Å²) in [7, 11) is 0. The Bertz CT molecular complexity index is 380. The van der Waals surface area contributed by atoms with Crippen molar-refractivity contribution in [1.29, 1.82) is 0 Å². The number of hydrogen-bond acceptors (Lipinski definition) is 3. The van der Waals surface area contributed by atoms with Gasteiger partial charge in [-0.1, -0.05) is 6.07 Å². The zero-order valence-corrected chi connectivity index (χ0v) is 13.5. The van der Waals surface area contributed by atoms with E-state index in [0.29, 0.717) is 5.41 Å². The van der Waals surface area contributed by atoms with Crippen LogP contribution in [0.25, 0.3) is 0 Å². The molecule has 2 saturated heterocycles. The van der Waals surface area contributed by atoms with E-state index < -0.39 is 0 Å². The van der Waals surface area contributed by atoms with Crippen LogP contribution < -0.4 is 5.32 Å². The van der Waals surface area contributed by atoms with Crippen molar-refractivity contribution in [3.63, 3.8) is 0 Å². The Morgan fingerprint density at radius 3 is 2.70 bits per heavy atom. The molecular formula is C15H25Cl2N3. The highest BCUT2D eigenvalue weighted by atomic mass is 35.5. The van der Waals surface area contributed by atoms with E-state index in [0.717, 1.165) is 6.42 Å². The Kier molecular flexibility index (Phi) is 7.24. The van der Waals surface area contributed by atoms with Gasteiger partial charge in [-0.05, 0) is 62.4 Å². The number of aromatic nitrogens is 1. The van der Waals surface area contributed by atoms with Gasteiger partial charge in [-0.3, -0.25) is 4.98 Å². The van der Waals surface area contributed by atoms with Gasteiger partial charge in [0.2, 0.25) is 0 Å². The second-order valence-electron chi connectivity index (χ2n) is 5.89. The van der Waals surface area contributed by atoms with Gasteiger partial charge in [0.05, 0.1) is 0 Å². The molecule has 20 heavy (non-hydrogen) atoms. The number of rotatable bonds is 3. The molecule has 1 aromatic heterocycles. The third kappa shape index (κ3) is 4.32. The zero-order chi connectivity index (χ0) is 12.3. The smallest absolute Gasteiger partial charge is 0.0300 e. The van der Waals surface area contributed by atoms with Gasteiger partial charge in [0, 0.05) is 25.5 Å². The number of halogens is 2. The molecule has 3 nitrogen and oxygen atoms in total. The molecule has 2 aliphatic rings. The first kappa shape index (κ1) is 17.7. The number of likely N-dealkylation sites (tertiary alicyclic amines) is 1. The Labute approximate surface area is 134 Å². The number of nitrogens with zero attached hydrogens (tertiary/aromatic N) is 2. The van der Waals surface area contributed by atoms with Crippen molar-refractivity contribution in [3.8, 4) is 0 Å². The van der Waals surface area contributed by atoms with Gasteiger partial charge in [-0.15, -0.1) is 24.8 Å². The standard InChI is InChI=1S/C15H23N3.2ClH/c1-2-14(12-17-7-1)3-10-18-11-6-15(13-18)4-8-16-9-5-15;;/h1-2,7,12,16H,3-6,8-11,13H2;2*1H. The van der Waals surface area contributed by atoms with Gasteiger partial charge >= 0.3 is 0 Å². The van der Waals surface area contributed by atoms with Gasteiger partial charge in [0.1, 0.15) is 0 Å². The van der Waals surface area contributed by atoms with E-state index in [2.05, 4.69) is 21.3 Å². The summed E-state index contributed by atoms with van der Waals surface area (Å²) in [4.78, 5) is 6.84. The molecule has 1 aromatic rings. The lowest BCUT2D eigenvalue weighted by Gasteiger charge is -2.33. The summed E-state index contributed by atoms with van der Waals surface area (Å²) in [6.07, 6.45) is 9.14. The molecule has 5 heteroatoms. The van der Waals surface area contributed by atoms with Crippen LogP contribution >= 0.6 is 24.8 Å². The summed E-state index contributed by atoms with van der Waals surface area (Å²) < 4.78 is 0. The summed E-state index contributed by atoms with van der Waals surface area (Å²) in [6, 6.07) is 4.22. The van der Waals surface area contributed by atoms with E-state index >= 15 is 0 Å². The van der Waals surface area contributed by atoms with Crippen LogP contribution in [-0.2, 0) is 6.42 Å². The van der Waals surface area contributed by atoms with Crippen molar-refractivity contribution < 1.29 is 0 Å². The first-order valence-corrected chi connectivity index (χ1v) is 7.18. The maximum atomic E-state index is 4.19. The van der Waals surface area contributed by atoms with E-state index in [1.165, 1.54) is 57.5 Å². The average molecular weight is 318 g/mol. The summed E-state index contributed by atoms with van der Waals surface area (Å²) in [5, 5.41) is 3.48. The van der Waals surface area contributed by atoms with Crippen molar-refractivity contribution in [2.75, 3.05) is 32.7 Å². The van der Waals surface area contributed by atoms with Crippen molar-refractivity contribution in [1.82, 2.24) is 15.2 Å². The molecule has 0 atom stereocenters. The molecule has 3 rings (SSSR count). The van der Waals surface area contributed by atoms with E-state index in [1.807, 2.05) is 18.5 Å². The molecule has 0 saturated carbocycles. The molecule has 0 amide bonds. The molecular weight excluding hydrogens is 293 g/mol. The fraction of sp³-hybridized carbons (Fsp3) is 0.667. The molecule has 0 aliphatic carbocycles. The Morgan fingerprint density at radius 1 is 1.20 bits per heavy atom. The van der Waals surface area contributed by atoms with Crippen LogP contribution in [0, 0.1) is 5.41 Å². The number of piperidine rings is 1. The van der Waals surface area contributed by atoms with Crippen LogP contribution in [0.2, 0.25) is 0 Å². The average Bonchev–Trinajstić information content (AvgIpc) is 2.82. The SMILES string of the molecule is Cl.Cl.c1cncc(CCN2CCC3(CCNCC3)C2)c1. The van der Waals surface area contributed by atoms with E-state index in [9.17, 15) is 0 Å². The molecule has 114 valence electrons. The topological polar surface area (TPSA) is 28.2 Å². The van der Waals surface area contributed by atoms with Crippen LogP contribution in [0.3, 0.4) is 0 Å². The van der Waals surface area contributed by atoms with Gasteiger partial charge in [-0.25, -0.2) is 0 Å². The van der Waals surface area contributed by atoms with E-state index in [1.54, 1.807) is 0 Å². The minimum Gasteiger partial charge on any atom is -0.317 e. The van der Waals surface area contributed by atoms with Gasteiger partial charge in [0.25, 0.3) is 0 Å². The lowest BCUT2D eigenvalue weighted by atomic mass is 9.78. The van der Waals surface area contributed by atoms with E-state index in [4.69, 9.17) is 0 Å². The molecule has 0 unspecified atom stereocenters. The Hall–Kier alpha value is -0.350. The predicted molar refractivity (Wildman–Crippen MR) is 88.0 cm³/mol. The second-order valence-corrected chi connectivity index (χ2v) is 5.89. The largest absolute Gasteiger partial charge is 0.317 e. The highest BCUT2D eigenvalue weighted by Crippen LogP contribution is 2.38. The predicted octanol–water partition coefficient (Wildman–Crippen LogP) is 2.54. The molecule has 3 heterocycles. The molecule has 0 radical (unpaired) electrons. The van der Waals surface area contributed by atoms with Crippen LogP contribution in [0.4, 0.5) is 0 Å². The molecule has 1 spiro atoms. The maximum absolute atomic E-state index is 4.19. The second kappa shape index (κ2) is 8.18. The molecule has 2 fully saturated rings. The maximum Gasteiger partial charge on any atom is 0.0300 e. The highest BCUT2D eigenvalue weighted by Gasteiger charge is 2.38. The fourth-order valence-corrected chi connectivity index (χ4v) is 3.42. The third-order valence-electron chi connectivity index (χ3n) is 4.62. The summed E-state index contributed by atoms with van der Waals surface area (Å²) >= 11 is 0. The van der Waals surface area contributed by atoms with Gasteiger partial charge in [0.15, 0.2) is 0 Å². The number of pyridine rings is 1. The summed E-state index contributed by atoms with van der Waals surface area (Å²) in [6.45, 7) is 6.24. The van der Waals surface area contributed by atoms with Crippen LogP contribution in [0.5, 0.6) is 0 Å². The van der Waals surface area contributed by atoms with Crippen molar-refractivity contribution in [2.45, 2.75) is 25.7 Å². The summed E-state index contributed by atoms with van der Waals surface area (Å²) in [5.41, 5.74) is 2.00.